The monoisotopic (exact) mass is 327 g/mol. The molecule has 0 amide bonds. The third-order valence-corrected chi connectivity index (χ3v) is 3.18. The van der Waals surface area contributed by atoms with Gasteiger partial charge in [0.2, 0.25) is 0 Å². The van der Waals surface area contributed by atoms with Crippen molar-refractivity contribution < 1.29 is 13.5 Å². The lowest BCUT2D eigenvalue weighted by atomic mass is 10.3. The standard InChI is InChI=1S/C14H15BrFNO2/c1-2-17-8-11-4-5-12(19-11)9-18-14-7-10(16)3-6-13(14)15/h3-7,17H,2,8-9H2,1H3. The van der Waals surface area contributed by atoms with E-state index in [0.29, 0.717) is 22.5 Å². The Bertz CT molecular complexity index is 542. The molecular formula is C14H15BrFNO2. The van der Waals surface area contributed by atoms with Gasteiger partial charge in [-0.2, -0.15) is 0 Å². The van der Waals surface area contributed by atoms with E-state index in [1.165, 1.54) is 12.1 Å². The van der Waals surface area contributed by atoms with E-state index in [-0.39, 0.29) is 12.4 Å². The van der Waals surface area contributed by atoms with E-state index >= 15 is 0 Å². The minimum atomic E-state index is -0.328. The summed E-state index contributed by atoms with van der Waals surface area (Å²) in [7, 11) is 0. The van der Waals surface area contributed by atoms with E-state index in [1.54, 1.807) is 6.07 Å². The Balaban J connectivity index is 1.94. The van der Waals surface area contributed by atoms with Gasteiger partial charge in [0, 0.05) is 6.07 Å². The van der Waals surface area contributed by atoms with Crippen molar-refractivity contribution in [2.75, 3.05) is 6.54 Å². The lowest BCUT2D eigenvalue weighted by molar-refractivity contribution is 0.262. The van der Waals surface area contributed by atoms with Crippen molar-refractivity contribution in [3.05, 3.63) is 52.1 Å². The zero-order valence-corrected chi connectivity index (χ0v) is 12.2. The molecule has 102 valence electrons. The molecule has 0 saturated carbocycles. The SMILES string of the molecule is CCNCc1ccc(COc2cc(F)ccc2Br)o1. The normalized spacial score (nSPS) is 10.7. The predicted octanol–water partition coefficient (Wildman–Crippen LogP) is 3.87. The molecule has 1 aromatic carbocycles. The predicted molar refractivity (Wildman–Crippen MR) is 74.5 cm³/mol. The van der Waals surface area contributed by atoms with Crippen LogP contribution in [0.3, 0.4) is 0 Å². The molecule has 0 atom stereocenters. The summed E-state index contributed by atoms with van der Waals surface area (Å²) in [4.78, 5) is 0. The number of hydrogen-bond acceptors (Lipinski definition) is 3. The van der Waals surface area contributed by atoms with Crippen LogP contribution in [0.1, 0.15) is 18.4 Å². The number of halogens is 2. The van der Waals surface area contributed by atoms with Gasteiger partial charge in [0.15, 0.2) is 0 Å². The Morgan fingerprint density at radius 3 is 2.84 bits per heavy atom. The number of ether oxygens (including phenoxy) is 1. The van der Waals surface area contributed by atoms with Crippen molar-refractivity contribution in [3.63, 3.8) is 0 Å². The Morgan fingerprint density at radius 2 is 2.05 bits per heavy atom. The van der Waals surface area contributed by atoms with Crippen molar-refractivity contribution in [2.45, 2.75) is 20.1 Å². The lowest BCUT2D eigenvalue weighted by Gasteiger charge is -2.06. The average molecular weight is 328 g/mol. The van der Waals surface area contributed by atoms with Gasteiger partial charge in [0.25, 0.3) is 0 Å². The van der Waals surface area contributed by atoms with E-state index in [1.807, 2.05) is 19.1 Å². The van der Waals surface area contributed by atoms with Gasteiger partial charge in [-0.3, -0.25) is 0 Å². The molecule has 1 N–H and O–H groups in total. The maximum absolute atomic E-state index is 13.1. The summed E-state index contributed by atoms with van der Waals surface area (Å²) in [5.41, 5.74) is 0. The Hall–Kier alpha value is -1.33. The highest BCUT2D eigenvalue weighted by Gasteiger charge is 2.06. The number of benzene rings is 1. The van der Waals surface area contributed by atoms with Crippen LogP contribution >= 0.6 is 15.9 Å². The molecule has 0 aliphatic carbocycles. The van der Waals surface area contributed by atoms with Gasteiger partial charge in [0.1, 0.15) is 29.7 Å². The third kappa shape index (κ3) is 4.08. The van der Waals surface area contributed by atoms with Crippen molar-refractivity contribution in [1.29, 1.82) is 0 Å². The molecule has 0 radical (unpaired) electrons. The molecule has 0 unspecified atom stereocenters. The Labute approximate surface area is 119 Å². The maximum Gasteiger partial charge on any atom is 0.146 e. The molecule has 0 aliphatic heterocycles. The van der Waals surface area contributed by atoms with Gasteiger partial charge >= 0.3 is 0 Å². The molecule has 1 heterocycles. The number of furan rings is 1. The van der Waals surface area contributed by atoms with Gasteiger partial charge in [-0.05, 0) is 46.7 Å². The summed E-state index contributed by atoms with van der Waals surface area (Å²) < 4.78 is 24.9. The average Bonchev–Trinajstić information content (AvgIpc) is 2.85. The number of nitrogens with one attached hydrogen (secondary N) is 1. The molecule has 0 fully saturated rings. The van der Waals surface area contributed by atoms with Gasteiger partial charge in [-0.25, -0.2) is 4.39 Å². The Morgan fingerprint density at radius 1 is 1.26 bits per heavy atom. The fourth-order valence-corrected chi connectivity index (χ4v) is 1.94. The molecule has 0 aliphatic rings. The molecular weight excluding hydrogens is 313 g/mol. The summed E-state index contributed by atoms with van der Waals surface area (Å²) in [6.07, 6.45) is 0. The molecule has 0 saturated heterocycles. The molecule has 3 nitrogen and oxygen atoms in total. The second-order valence-electron chi connectivity index (χ2n) is 4.01. The van der Waals surface area contributed by atoms with E-state index < -0.39 is 0 Å². The highest BCUT2D eigenvalue weighted by Crippen LogP contribution is 2.26. The summed E-state index contributed by atoms with van der Waals surface area (Å²) in [6.45, 7) is 3.89. The summed E-state index contributed by atoms with van der Waals surface area (Å²) >= 11 is 3.31. The van der Waals surface area contributed by atoms with E-state index in [9.17, 15) is 4.39 Å². The first-order valence-corrected chi connectivity index (χ1v) is 6.84. The van der Waals surface area contributed by atoms with Crippen LogP contribution in [0.25, 0.3) is 0 Å². The summed E-state index contributed by atoms with van der Waals surface area (Å²) in [6, 6.07) is 8.09. The zero-order chi connectivity index (χ0) is 13.7. The van der Waals surface area contributed by atoms with Crippen molar-refractivity contribution in [1.82, 2.24) is 5.32 Å². The Kier molecular flexibility index (Phi) is 4.99. The molecule has 1 aromatic heterocycles. The highest BCUT2D eigenvalue weighted by atomic mass is 79.9. The molecule has 19 heavy (non-hydrogen) atoms. The van der Waals surface area contributed by atoms with Crippen LogP contribution in [-0.4, -0.2) is 6.54 Å². The first-order valence-electron chi connectivity index (χ1n) is 6.05. The van der Waals surface area contributed by atoms with Crippen LogP contribution in [0.5, 0.6) is 5.75 Å². The van der Waals surface area contributed by atoms with Crippen LogP contribution < -0.4 is 10.1 Å². The van der Waals surface area contributed by atoms with Gasteiger partial charge in [-0.1, -0.05) is 6.92 Å². The maximum atomic E-state index is 13.1. The van der Waals surface area contributed by atoms with Crippen molar-refractivity contribution in [2.24, 2.45) is 0 Å². The van der Waals surface area contributed by atoms with Crippen LogP contribution in [0.2, 0.25) is 0 Å². The fourth-order valence-electron chi connectivity index (χ4n) is 1.58. The molecule has 2 rings (SSSR count). The quantitative estimate of drug-likeness (QED) is 0.874. The van der Waals surface area contributed by atoms with Crippen molar-refractivity contribution in [3.8, 4) is 5.75 Å². The minimum Gasteiger partial charge on any atom is -0.484 e. The number of rotatable bonds is 6. The molecule has 0 bridgehead atoms. The second kappa shape index (κ2) is 6.73. The van der Waals surface area contributed by atoms with Gasteiger partial charge in [0.05, 0.1) is 11.0 Å². The van der Waals surface area contributed by atoms with Crippen molar-refractivity contribution >= 4 is 15.9 Å². The van der Waals surface area contributed by atoms with Gasteiger partial charge < -0.3 is 14.5 Å². The zero-order valence-electron chi connectivity index (χ0n) is 10.6. The molecule has 5 heteroatoms. The van der Waals surface area contributed by atoms with E-state index in [0.717, 1.165) is 12.3 Å². The van der Waals surface area contributed by atoms with Gasteiger partial charge in [-0.15, -0.1) is 0 Å². The lowest BCUT2D eigenvalue weighted by Crippen LogP contribution is -2.10. The first kappa shape index (κ1) is 14.1. The van der Waals surface area contributed by atoms with Crippen LogP contribution in [-0.2, 0) is 13.2 Å². The van der Waals surface area contributed by atoms with E-state index in [4.69, 9.17) is 9.15 Å². The molecule has 2 aromatic rings. The van der Waals surface area contributed by atoms with Crippen LogP contribution in [0.4, 0.5) is 4.39 Å². The third-order valence-electron chi connectivity index (χ3n) is 2.53. The second-order valence-corrected chi connectivity index (χ2v) is 4.87. The summed E-state index contributed by atoms with van der Waals surface area (Å²) in [5, 5.41) is 3.18. The van der Waals surface area contributed by atoms with Crippen LogP contribution in [0, 0.1) is 5.82 Å². The van der Waals surface area contributed by atoms with Crippen LogP contribution in [0.15, 0.2) is 39.2 Å². The highest BCUT2D eigenvalue weighted by molar-refractivity contribution is 9.10. The first-order chi connectivity index (χ1) is 9.19. The van der Waals surface area contributed by atoms with E-state index in [2.05, 4.69) is 21.2 Å². The smallest absolute Gasteiger partial charge is 0.146 e. The largest absolute Gasteiger partial charge is 0.484 e. The summed E-state index contributed by atoms with van der Waals surface area (Å²) in [5.74, 6) is 1.71. The fraction of sp³-hybridized carbons (Fsp3) is 0.286. The molecule has 0 spiro atoms. The minimum absolute atomic E-state index is 0.272. The topological polar surface area (TPSA) is 34.4 Å². The number of hydrogen-bond donors (Lipinski definition) is 1.